The van der Waals surface area contributed by atoms with Crippen molar-refractivity contribution in [2.75, 3.05) is 13.1 Å². The lowest BCUT2D eigenvalue weighted by Crippen LogP contribution is -2.35. The average molecular weight is 470 g/mol. The molecule has 0 amide bonds. The molecule has 0 fully saturated rings. The van der Waals surface area contributed by atoms with Crippen LogP contribution < -0.4 is 26.5 Å². The van der Waals surface area contributed by atoms with Crippen LogP contribution in [0.1, 0.15) is 13.8 Å². The predicted octanol–water partition coefficient (Wildman–Crippen LogP) is 5.62. The fourth-order valence-electron chi connectivity index (χ4n) is 4.35. The van der Waals surface area contributed by atoms with E-state index in [1.807, 2.05) is 0 Å². The van der Waals surface area contributed by atoms with Gasteiger partial charge in [0.15, 0.2) is 0 Å². The largest absolute Gasteiger partial charge is 0.315 e. The van der Waals surface area contributed by atoms with Crippen LogP contribution in [-0.2, 0) is 0 Å². The van der Waals surface area contributed by atoms with Crippen molar-refractivity contribution in [3.8, 4) is 0 Å². The van der Waals surface area contributed by atoms with Crippen LogP contribution in [0.5, 0.6) is 0 Å². The summed E-state index contributed by atoms with van der Waals surface area (Å²) >= 11 is 0. The van der Waals surface area contributed by atoms with Crippen LogP contribution in [0.4, 0.5) is 0 Å². The van der Waals surface area contributed by atoms with Crippen molar-refractivity contribution in [2.24, 2.45) is 0 Å². The van der Waals surface area contributed by atoms with E-state index in [4.69, 9.17) is 0 Å². The minimum Gasteiger partial charge on any atom is -0.315 e. The van der Waals surface area contributed by atoms with E-state index in [1.54, 1.807) is 0 Å². The average Bonchev–Trinajstić information content (AvgIpc) is 2.87. The summed E-state index contributed by atoms with van der Waals surface area (Å²) in [6.45, 7) is 6.85. The summed E-state index contributed by atoms with van der Waals surface area (Å²) in [4.78, 5) is 0. The minimum absolute atomic E-state index is 0.403. The minimum atomic E-state index is -0.403. The number of benzene rings is 4. The first-order valence-electron chi connectivity index (χ1n) is 11.7. The van der Waals surface area contributed by atoms with Gasteiger partial charge in [-0.3, -0.25) is 0 Å². The van der Waals surface area contributed by atoms with Crippen molar-refractivity contribution in [3.63, 3.8) is 0 Å². The van der Waals surface area contributed by atoms with E-state index < -0.39 is 15.8 Å². The number of nitrogens with one attached hydrogen (secondary N) is 1. The molecule has 168 valence electrons. The molecule has 0 aliphatic rings. The van der Waals surface area contributed by atoms with Crippen LogP contribution in [0.25, 0.3) is 0 Å². The van der Waals surface area contributed by atoms with E-state index in [2.05, 4.69) is 140 Å². The Morgan fingerprint density at radius 3 is 0.939 bits per heavy atom. The second kappa shape index (κ2) is 12.2. The van der Waals surface area contributed by atoms with Crippen molar-refractivity contribution in [1.29, 1.82) is 0 Å². The molecule has 0 radical (unpaired) electrons. The number of hydrogen-bond acceptors (Lipinski definition) is 1. The van der Waals surface area contributed by atoms with Gasteiger partial charge >= 0.3 is 0 Å². The number of hydrogen-bond donors (Lipinski definition) is 1. The molecule has 0 aromatic heterocycles. The molecular formula is C30H33NP2. The Labute approximate surface area is 201 Å². The van der Waals surface area contributed by atoms with E-state index in [1.165, 1.54) is 21.2 Å². The molecule has 0 aliphatic heterocycles. The maximum Gasteiger partial charge on any atom is 0.00226 e. The lowest BCUT2D eigenvalue weighted by Gasteiger charge is -2.29. The Balaban J connectivity index is 1.46. The van der Waals surface area contributed by atoms with Gasteiger partial charge in [-0.25, -0.2) is 0 Å². The third-order valence-electron chi connectivity index (χ3n) is 5.90. The van der Waals surface area contributed by atoms with E-state index >= 15 is 0 Å². The molecule has 0 bridgehead atoms. The third kappa shape index (κ3) is 6.39. The van der Waals surface area contributed by atoms with Gasteiger partial charge in [0.1, 0.15) is 0 Å². The van der Waals surface area contributed by atoms with E-state index in [0.29, 0.717) is 11.3 Å². The maximum atomic E-state index is 3.86. The Hall–Kier alpha value is -2.30. The highest BCUT2D eigenvalue weighted by Gasteiger charge is 2.23. The van der Waals surface area contributed by atoms with Gasteiger partial charge in [-0.05, 0) is 48.4 Å². The third-order valence-corrected chi connectivity index (χ3v) is 11.4. The van der Waals surface area contributed by atoms with Crippen molar-refractivity contribution in [3.05, 3.63) is 121 Å². The topological polar surface area (TPSA) is 12.0 Å². The molecule has 4 aromatic carbocycles. The monoisotopic (exact) mass is 469 g/mol. The molecule has 0 heterocycles. The van der Waals surface area contributed by atoms with Crippen LogP contribution in [-0.4, -0.2) is 24.4 Å². The van der Waals surface area contributed by atoms with Gasteiger partial charge in [0.05, 0.1) is 0 Å². The molecule has 1 N–H and O–H groups in total. The maximum absolute atomic E-state index is 3.86. The van der Waals surface area contributed by atoms with E-state index in [-0.39, 0.29) is 0 Å². The molecule has 3 heteroatoms. The quantitative estimate of drug-likeness (QED) is 0.297. The Morgan fingerprint density at radius 2 is 0.697 bits per heavy atom. The zero-order chi connectivity index (χ0) is 22.9. The first-order valence-corrected chi connectivity index (χ1v) is 14.6. The van der Waals surface area contributed by atoms with Crippen molar-refractivity contribution >= 4 is 37.1 Å². The molecule has 1 nitrogen and oxygen atoms in total. The van der Waals surface area contributed by atoms with Crippen LogP contribution in [0.15, 0.2) is 121 Å². The highest BCUT2D eigenvalue weighted by atomic mass is 31.1. The van der Waals surface area contributed by atoms with Crippen LogP contribution in [0.2, 0.25) is 0 Å². The van der Waals surface area contributed by atoms with Crippen LogP contribution in [0.3, 0.4) is 0 Å². The van der Waals surface area contributed by atoms with Crippen molar-refractivity contribution in [2.45, 2.75) is 25.2 Å². The zero-order valence-electron chi connectivity index (χ0n) is 19.5. The molecule has 4 rings (SSSR count). The fourth-order valence-corrected chi connectivity index (χ4v) is 9.58. The number of rotatable bonds is 10. The molecule has 0 saturated carbocycles. The Bertz CT molecular complexity index is 903. The summed E-state index contributed by atoms with van der Waals surface area (Å²) in [5, 5.41) is 9.68. The van der Waals surface area contributed by atoms with Crippen LogP contribution in [0, 0.1) is 0 Å². The summed E-state index contributed by atoms with van der Waals surface area (Å²) in [5.74, 6) is 0. The molecule has 0 spiro atoms. The first kappa shape index (κ1) is 23.8. The van der Waals surface area contributed by atoms with Crippen LogP contribution >= 0.6 is 15.8 Å². The highest BCUT2D eigenvalue weighted by Crippen LogP contribution is 2.40. The summed E-state index contributed by atoms with van der Waals surface area (Å²) < 4.78 is 0. The second-order valence-electron chi connectivity index (χ2n) is 8.44. The summed E-state index contributed by atoms with van der Waals surface area (Å²) in [6, 6.07) is 44.2. The standard InChI is InChI=1S/C30H33NP2/c1-25(32(27-15-7-3-8-16-27)28-17-9-4-10-18-28)23-31-24-26(2)33(29-19-11-5-12-20-29)30-21-13-6-14-22-30/h3-22,25-26,31H,23-24H2,1-2H3/t25-,26-/m0/s1. The van der Waals surface area contributed by atoms with Crippen molar-refractivity contribution in [1.82, 2.24) is 5.32 Å². The Kier molecular flexibility index (Phi) is 8.85. The summed E-state index contributed by atoms with van der Waals surface area (Å²) in [5.41, 5.74) is 1.10. The molecular weight excluding hydrogens is 436 g/mol. The van der Waals surface area contributed by atoms with E-state index in [0.717, 1.165) is 13.1 Å². The first-order chi connectivity index (χ1) is 16.2. The smallest absolute Gasteiger partial charge is 0.00226 e. The van der Waals surface area contributed by atoms with Gasteiger partial charge in [0.25, 0.3) is 0 Å². The molecule has 4 aromatic rings. The lowest BCUT2D eigenvalue weighted by atomic mass is 10.4. The second-order valence-corrected chi connectivity index (χ2v) is 13.7. The SMILES string of the molecule is C[C@@H](CNC[C@H](C)P(c1ccccc1)c1ccccc1)P(c1ccccc1)c1ccccc1. The summed E-state index contributed by atoms with van der Waals surface area (Å²) in [7, 11) is -0.806. The zero-order valence-corrected chi connectivity index (χ0v) is 21.3. The normalized spacial score (nSPS) is 13.2. The van der Waals surface area contributed by atoms with Gasteiger partial charge in [0.2, 0.25) is 0 Å². The summed E-state index contributed by atoms with van der Waals surface area (Å²) in [6.07, 6.45) is 0. The van der Waals surface area contributed by atoms with Gasteiger partial charge in [-0.15, -0.1) is 0 Å². The molecule has 33 heavy (non-hydrogen) atoms. The van der Waals surface area contributed by atoms with Crippen molar-refractivity contribution < 1.29 is 0 Å². The Morgan fingerprint density at radius 1 is 0.455 bits per heavy atom. The van der Waals surface area contributed by atoms with Gasteiger partial charge in [0, 0.05) is 13.1 Å². The van der Waals surface area contributed by atoms with E-state index in [9.17, 15) is 0 Å². The van der Waals surface area contributed by atoms with Gasteiger partial charge < -0.3 is 5.32 Å². The predicted molar refractivity (Wildman–Crippen MR) is 150 cm³/mol. The molecule has 0 unspecified atom stereocenters. The van der Waals surface area contributed by atoms with Gasteiger partial charge in [-0.2, -0.15) is 0 Å². The molecule has 0 aliphatic carbocycles. The lowest BCUT2D eigenvalue weighted by molar-refractivity contribution is 0.672. The molecule has 2 atom stereocenters. The molecule has 0 saturated heterocycles. The fraction of sp³-hybridized carbons (Fsp3) is 0.200. The van der Waals surface area contributed by atoms with Gasteiger partial charge in [-0.1, -0.05) is 135 Å². The highest BCUT2D eigenvalue weighted by molar-refractivity contribution is 7.74.